The third-order valence-electron chi connectivity index (χ3n) is 4.92. The zero-order valence-electron chi connectivity index (χ0n) is 19.5. The molecule has 0 unspecified atom stereocenters. The molecule has 1 atom stereocenters. The predicted molar refractivity (Wildman–Crippen MR) is 131 cm³/mol. The van der Waals surface area contributed by atoms with Gasteiger partial charge in [-0.15, -0.1) is 6.58 Å². The fraction of sp³-hybridized carbons (Fsp3) is 0.231. The van der Waals surface area contributed by atoms with Crippen molar-refractivity contribution in [2.24, 2.45) is 5.73 Å². The SMILES string of the molecule is C=CCN(C(=O)/C(C)=C/c1ccc(C(=O)Oc2ccc(C(=N)N)cc2)cc1)[C@@H](C)C(=O)OCC. The monoisotopic (exact) mass is 463 g/mol. The highest BCUT2D eigenvalue weighted by Crippen LogP contribution is 2.17. The number of hydrogen-bond acceptors (Lipinski definition) is 6. The van der Waals surface area contributed by atoms with Gasteiger partial charge in [-0.3, -0.25) is 10.2 Å². The molecule has 178 valence electrons. The number of carbonyl (C=O) groups is 3. The molecule has 2 aromatic rings. The number of amidine groups is 1. The number of hydrogen-bond donors (Lipinski definition) is 2. The molecule has 1 amide bonds. The topological polar surface area (TPSA) is 123 Å². The van der Waals surface area contributed by atoms with Crippen molar-refractivity contribution in [2.75, 3.05) is 13.2 Å². The normalized spacial score (nSPS) is 11.8. The van der Waals surface area contributed by atoms with Crippen LogP contribution < -0.4 is 10.5 Å². The second-order valence-electron chi connectivity index (χ2n) is 7.45. The van der Waals surface area contributed by atoms with E-state index in [-0.39, 0.29) is 24.9 Å². The molecule has 34 heavy (non-hydrogen) atoms. The smallest absolute Gasteiger partial charge is 0.343 e. The highest BCUT2D eigenvalue weighted by molar-refractivity contribution is 5.99. The van der Waals surface area contributed by atoms with Crippen LogP contribution in [0.3, 0.4) is 0 Å². The van der Waals surface area contributed by atoms with Crippen LogP contribution in [0.5, 0.6) is 5.75 Å². The van der Waals surface area contributed by atoms with Crippen LogP contribution in [0, 0.1) is 5.41 Å². The van der Waals surface area contributed by atoms with Crippen LogP contribution in [0.25, 0.3) is 6.08 Å². The second kappa shape index (κ2) is 12.2. The zero-order valence-corrected chi connectivity index (χ0v) is 19.5. The summed E-state index contributed by atoms with van der Waals surface area (Å²) in [7, 11) is 0. The van der Waals surface area contributed by atoms with E-state index < -0.39 is 18.0 Å². The Morgan fingerprint density at radius 2 is 1.68 bits per heavy atom. The van der Waals surface area contributed by atoms with E-state index in [1.807, 2.05) is 0 Å². The Hall–Kier alpha value is -4.20. The Bertz CT molecular complexity index is 1090. The maximum atomic E-state index is 12.9. The first-order valence-electron chi connectivity index (χ1n) is 10.7. The van der Waals surface area contributed by atoms with Gasteiger partial charge in [0.1, 0.15) is 17.6 Å². The number of amides is 1. The summed E-state index contributed by atoms with van der Waals surface area (Å²) in [5.74, 6) is -1.08. The van der Waals surface area contributed by atoms with Crippen LogP contribution in [0.15, 0.2) is 66.8 Å². The van der Waals surface area contributed by atoms with Gasteiger partial charge in [-0.1, -0.05) is 18.2 Å². The van der Waals surface area contributed by atoms with Gasteiger partial charge in [0.05, 0.1) is 12.2 Å². The number of nitrogens with one attached hydrogen (secondary N) is 1. The lowest BCUT2D eigenvalue weighted by Gasteiger charge is -2.27. The lowest BCUT2D eigenvalue weighted by molar-refractivity contribution is -0.152. The number of nitrogens with two attached hydrogens (primary N) is 1. The van der Waals surface area contributed by atoms with Gasteiger partial charge in [-0.05, 0) is 68.8 Å². The molecule has 2 aromatic carbocycles. The molecule has 0 aromatic heterocycles. The highest BCUT2D eigenvalue weighted by Gasteiger charge is 2.26. The quantitative estimate of drug-likeness (QED) is 0.139. The molecule has 0 aliphatic rings. The fourth-order valence-electron chi connectivity index (χ4n) is 3.07. The summed E-state index contributed by atoms with van der Waals surface area (Å²) < 4.78 is 10.4. The predicted octanol–water partition coefficient (Wildman–Crippen LogP) is 3.56. The second-order valence-corrected chi connectivity index (χ2v) is 7.45. The maximum Gasteiger partial charge on any atom is 0.343 e. The first kappa shape index (κ1) is 26.1. The van der Waals surface area contributed by atoms with Gasteiger partial charge in [0.2, 0.25) is 0 Å². The molecule has 0 aliphatic carbocycles. The Morgan fingerprint density at radius 3 is 2.21 bits per heavy atom. The summed E-state index contributed by atoms with van der Waals surface area (Å²) >= 11 is 0. The van der Waals surface area contributed by atoms with E-state index in [2.05, 4.69) is 6.58 Å². The van der Waals surface area contributed by atoms with Crippen molar-refractivity contribution in [3.05, 3.63) is 83.4 Å². The largest absolute Gasteiger partial charge is 0.464 e. The van der Waals surface area contributed by atoms with E-state index in [0.717, 1.165) is 0 Å². The van der Waals surface area contributed by atoms with E-state index >= 15 is 0 Å². The minimum atomic E-state index is -0.754. The minimum Gasteiger partial charge on any atom is -0.464 e. The van der Waals surface area contributed by atoms with Gasteiger partial charge >= 0.3 is 11.9 Å². The van der Waals surface area contributed by atoms with E-state index in [4.69, 9.17) is 20.6 Å². The number of benzene rings is 2. The molecule has 0 spiro atoms. The van der Waals surface area contributed by atoms with Crippen molar-refractivity contribution in [1.29, 1.82) is 5.41 Å². The lowest BCUT2D eigenvalue weighted by Crippen LogP contribution is -2.44. The molecular weight excluding hydrogens is 434 g/mol. The molecule has 2 rings (SSSR count). The molecule has 0 aliphatic heterocycles. The summed E-state index contributed by atoms with van der Waals surface area (Å²) in [5.41, 5.74) is 7.40. The first-order chi connectivity index (χ1) is 16.2. The standard InChI is InChI=1S/C26H29N3O5/c1-5-15-29(18(4)25(31)33-6-2)24(30)17(3)16-19-7-9-21(10-8-19)26(32)34-22-13-11-20(12-14-22)23(27)28/h5,7-14,16,18H,1,6,15H2,2-4H3,(H3,27,28)/b17-16+/t18-/m0/s1. The van der Waals surface area contributed by atoms with Crippen LogP contribution in [0.1, 0.15) is 42.3 Å². The van der Waals surface area contributed by atoms with E-state index in [9.17, 15) is 14.4 Å². The van der Waals surface area contributed by atoms with Gasteiger partial charge < -0.3 is 20.1 Å². The first-order valence-corrected chi connectivity index (χ1v) is 10.7. The number of nitrogen functional groups attached to an aromatic ring is 1. The van der Waals surface area contributed by atoms with Crippen molar-refractivity contribution in [1.82, 2.24) is 4.90 Å². The Kier molecular flexibility index (Phi) is 9.31. The van der Waals surface area contributed by atoms with Gasteiger partial charge in [0.25, 0.3) is 5.91 Å². The summed E-state index contributed by atoms with van der Waals surface area (Å²) in [6, 6.07) is 12.1. The summed E-state index contributed by atoms with van der Waals surface area (Å²) in [5, 5.41) is 7.39. The molecule has 0 saturated heterocycles. The Labute approximate surface area is 199 Å². The zero-order chi connectivity index (χ0) is 25.3. The molecule has 0 bridgehead atoms. The average molecular weight is 464 g/mol. The van der Waals surface area contributed by atoms with Crippen LogP contribution in [-0.2, 0) is 14.3 Å². The van der Waals surface area contributed by atoms with Crippen LogP contribution in [0.2, 0.25) is 0 Å². The van der Waals surface area contributed by atoms with Crippen molar-refractivity contribution >= 4 is 29.8 Å². The van der Waals surface area contributed by atoms with E-state index in [1.165, 1.54) is 4.90 Å². The third kappa shape index (κ3) is 6.90. The van der Waals surface area contributed by atoms with Gasteiger partial charge in [0.15, 0.2) is 0 Å². The van der Waals surface area contributed by atoms with Gasteiger partial charge in [-0.25, -0.2) is 9.59 Å². The van der Waals surface area contributed by atoms with Gasteiger partial charge in [0, 0.05) is 17.7 Å². The average Bonchev–Trinajstić information content (AvgIpc) is 2.82. The van der Waals surface area contributed by atoms with Crippen LogP contribution in [-0.4, -0.2) is 47.8 Å². The van der Waals surface area contributed by atoms with Crippen LogP contribution >= 0.6 is 0 Å². The highest BCUT2D eigenvalue weighted by atomic mass is 16.5. The van der Waals surface area contributed by atoms with Crippen molar-refractivity contribution in [3.63, 3.8) is 0 Å². The van der Waals surface area contributed by atoms with Crippen molar-refractivity contribution in [2.45, 2.75) is 26.8 Å². The summed E-state index contributed by atoms with van der Waals surface area (Å²) in [6.07, 6.45) is 3.22. The molecule has 0 heterocycles. The molecule has 3 N–H and O–H groups in total. The molecule has 8 nitrogen and oxygen atoms in total. The Morgan fingerprint density at radius 1 is 1.09 bits per heavy atom. The van der Waals surface area contributed by atoms with E-state index in [0.29, 0.717) is 28.0 Å². The van der Waals surface area contributed by atoms with Crippen molar-refractivity contribution < 1.29 is 23.9 Å². The molecular formula is C26H29N3O5. The molecule has 0 saturated carbocycles. The maximum absolute atomic E-state index is 12.9. The number of ether oxygens (including phenoxy) is 2. The third-order valence-corrected chi connectivity index (χ3v) is 4.92. The molecule has 0 radical (unpaired) electrons. The van der Waals surface area contributed by atoms with Crippen LogP contribution in [0.4, 0.5) is 0 Å². The summed E-state index contributed by atoms with van der Waals surface area (Å²) in [4.78, 5) is 38.8. The molecule has 0 fully saturated rings. The lowest BCUT2D eigenvalue weighted by atomic mass is 10.1. The fourth-order valence-corrected chi connectivity index (χ4v) is 3.07. The Balaban J connectivity index is 2.11. The van der Waals surface area contributed by atoms with Gasteiger partial charge in [-0.2, -0.15) is 0 Å². The summed E-state index contributed by atoms with van der Waals surface area (Å²) in [6.45, 7) is 9.06. The number of esters is 2. The number of carbonyl (C=O) groups excluding carboxylic acids is 3. The molecule has 8 heteroatoms. The minimum absolute atomic E-state index is 0.0711. The van der Waals surface area contributed by atoms with E-state index in [1.54, 1.807) is 81.5 Å². The number of rotatable bonds is 10. The van der Waals surface area contributed by atoms with Crippen molar-refractivity contribution in [3.8, 4) is 5.75 Å². The number of nitrogens with zero attached hydrogens (tertiary/aromatic N) is 1.